The fourth-order valence-corrected chi connectivity index (χ4v) is 8.31. The number of carbonyl (C=O) groups is 2. The topological polar surface area (TPSA) is 82.1 Å². The highest BCUT2D eigenvalue weighted by molar-refractivity contribution is 6.74. The number of Topliss-reactive ketones (excluding diaryl/α,β-unsaturated/α-hetero) is 1. The second-order valence-electron chi connectivity index (χ2n) is 14.8. The van der Waals surface area contributed by atoms with Gasteiger partial charge >= 0.3 is 5.97 Å². The van der Waals surface area contributed by atoms with Gasteiger partial charge in [0, 0.05) is 12.8 Å². The second kappa shape index (κ2) is 13.3. The van der Waals surface area contributed by atoms with Gasteiger partial charge in [-0.1, -0.05) is 72.5 Å². The minimum absolute atomic E-state index is 0.0336. The van der Waals surface area contributed by atoms with Gasteiger partial charge in [0.05, 0.1) is 18.6 Å². The molecule has 3 unspecified atom stereocenters. The van der Waals surface area contributed by atoms with Crippen LogP contribution >= 0.6 is 0 Å². The van der Waals surface area contributed by atoms with Crippen molar-refractivity contribution in [1.82, 2.24) is 0 Å². The number of unbranched alkanes of at least 4 members (excludes halogenated alkanes) is 1. The van der Waals surface area contributed by atoms with Crippen molar-refractivity contribution in [1.29, 1.82) is 0 Å². The van der Waals surface area contributed by atoms with Crippen LogP contribution in [-0.2, 0) is 23.2 Å². The molecule has 0 spiro atoms. The Hall–Kier alpha value is -1.67. The lowest BCUT2D eigenvalue weighted by Crippen LogP contribution is -2.63. The van der Waals surface area contributed by atoms with Crippen LogP contribution in [0.3, 0.4) is 0 Å². The zero-order chi connectivity index (χ0) is 31.4. The summed E-state index contributed by atoms with van der Waals surface area (Å²) in [5.41, 5.74) is -0.646. The van der Waals surface area contributed by atoms with Gasteiger partial charge in [-0.2, -0.15) is 0 Å². The third-order valence-electron chi connectivity index (χ3n) is 9.92. The predicted octanol–water partition coefficient (Wildman–Crippen LogP) is 8.26. The molecule has 0 aromatic carbocycles. The summed E-state index contributed by atoms with van der Waals surface area (Å²) in [6.45, 7) is 24.1. The number of aliphatic hydroxyl groups is 1. The number of rotatable bonds is 10. The smallest absolute Gasteiger partial charge is 0.305 e. The minimum Gasteiger partial charge on any atom is -0.511 e. The third-order valence-corrected chi connectivity index (χ3v) is 18.8. The molecule has 6 nitrogen and oxygen atoms in total. The molecule has 8 heteroatoms. The van der Waals surface area contributed by atoms with Crippen LogP contribution in [0.5, 0.6) is 0 Å². The lowest BCUT2D eigenvalue weighted by molar-refractivity contribution is -0.140. The molecular formula is C33H56O6Si2. The highest BCUT2D eigenvalue weighted by atomic mass is 28.4. The van der Waals surface area contributed by atoms with Crippen LogP contribution in [-0.4, -0.2) is 52.3 Å². The Morgan fingerprint density at radius 3 is 2.07 bits per heavy atom. The number of methoxy groups -OCH3 is 1. The average molecular weight is 605 g/mol. The summed E-state index contributed by atoms with van der Waals surface area (Å²) in [6, 6.07) is 0. The maximum Gasteiger partial charge on any atom is 0.305 e. The van der Waals surface area contributed by atoms with Crippen molar-refractivity contribution in [2.24, 2.45) is 11.8 Å². The van der Waals surface area contributed by atoms with E-state index in [1.54, 1.807) is 0 Å². The molecule has 3 atom stereocenters. The Kier molecular flexibility index (Phi) is 11.5. The first-order chi connectivity index (χ1) is 18.8. The molecule has 0 bridgehead atoms. The highest BCUT2D eigenvalue weighted by Gasteiger charge is 2.65. The lowest BCUT2D eigenvalue weighted by atomic mass is 9.75. The van der Waals surface area contributed by atoms with Gasteiger partial charge in [0.2, 0.25) is 5.78 Å². The Morgan fingerprint density at radius 1 is 1.02 bits per heavy atom. The van der Waals surface area contributed by atoms with Gasteiger partial charge in [-0.15, -0.1) is 0 Å². The van der Waals surface area contributed by atoms with Gasteiger partial charge in [0.1, 0.15) is 17.5 Å². The Bertz CT molecular complexity index is 1070. The van der Waals surface area contributed by atoms with Crippen LogP contribution in [0.4, 0.5) is 0 Å². The maximum absolute atomic E-state index is 14.0. The lowest BCUT2D eigenvalue weighted by Gasteiger charge is -2.53. The fraction of sp³-hybridized carbons (Fsp3) is 0.758. The van der Waals surface area contributed by atoms with Gasteiger partial charge in [-0.05, 0) is 74.3 Å². The first-order valence-electron chi connectivity index (χ1n) is 15.3. The molecule has 0 heterocycles. The molecule has 41 heavy (non-hydrogen) atoms. The van der Waals surface area contributed by atoms with E-state index in [4.69, 9.17) is 13.6 Å². The third kappa shape index (κ3) is 7.65. The number of aliphatic hydroxyl groups excluding tert-OH is 1. The van der Waals surface area contributed by atoms with Crippen LogP contribution in [0.1, 0.15) is 93.4 Å². The van der Waals surface area contributed by atoms with E-state index < -0.39 is 40.0 Å². The van der Waals surface area contributed by atoms with E-state index in [1.165, 1.54) is 7.11 Å². The summed E-state index contributed by atoms with van der Waals surface area (Å²) in [6.07, 6.45) is 8.49. The quantitative estimate of drug-likeness (QED) is 0.0675. The highest BCUT2D eigenvalue weighted by Crippen LogP contribution is 2.57. The largest absolute Gasteiger partial charge is 0.511 e. The summed E-state index contributed by atoms with van der Waals surface area (Å²) in [4.78, 5) is 25.4. The van der Waals surface area contributed by atoms with Gasteiger partial charge in [-0.25, -0.2) is 0 Å². The van der Waals surface area contributed by atoms with Crippen molar-refractivity contribution in [3.05, 3.63) is 23.5 Å². The second-order valence-corrected chi connectivity index (χ2v) is 24.3. The van der Waals surface area contributed by atoms with E-state index in [0.29, 0.717) is 12.8 Å². The van der Waals surface area contributed by atoms with Crippen molar-refractivity contribution < 1.29 is 28.3 Å². The van der Waals surface area contributed by atoms with Crippen LogP contribution in [0, 0.1) is 23.7 Å². The fourth-order valence-electron chi connectivity index (χ4n) is 5.47. The van der Waals surface area contributed by atoms with Crippen LogP contribution in [0.25, 0.3) is 0 Å². The van der Waals surface area contributed by atoms with E-state index >= 15 is 0 Å². The molecule has 1 N–H and O–H groups in total. The average Bonchev–Trinajstić information content (AvgIpc) is 3.45. The van der Waals surface area contributed by atoms with E-state index in [2.05, 4.69) is 79.6 Å². The van der Waals surface area contributed by atoms with Gasteiger partial charge in [0.15, 0.2) is 16.6 Å². The number of allylic oxidation sites excluding steroid dienone is 1. The predicted molar refractivity (Wildman–Crippen MR) is 172 cm³/mol. The molecule has 2 aliphatic rings. The van der Waals surface area contributed by atoms with E-state index in [-0.39, 0.29) is 39.7 Å². The van der Waals surface area contributed by atoms with Crippen molar-refractivity contribution in [2.75, 3.05) is 7.11 Å². The maximum atomic E-state index is 14.0. The summed E-state index contributed by atoms with van der Waals surface area (Å²) in [5.74, 6) is 4.69. The zero-order valence-corrected chi connectivity index (χ0v) is 29.8. The first-order valence-corrected chi connectivity index (χ1v) is 21.1. The zero-order valence-electron chi connectivity index (χ0n) is 27.8. The molecule has 2 aliphatic carbocycles. The molecule has 0 radical (unpaired) electrons. The number of ketones is 1. The number of hydrogen-bond acceptors (Lipinski definition) is 6. The summed E-state index contributed by atoms with van der Waals surface area (Å²) in [7, 11) is -3.50. The van der Waals surface area contributed by atoms with Crippen molar-refractivity contribution in [2.45, 2.75) is 141 Å². The van der Waals surface area contributed by atoms with Gasteiger partial charge < -0.3 is 18.7 Å². The van der Waals surface area contributed by atoms with Crippen molar-refractivity contribution >= 4 is 28.4 Å². The molecule has 1 saturated carbocycles. The molecule has 0 aromatic heterocycles. The number of esters is 1. The van der Waals surface area contributed by atoms with E-state index in [0.717, 1.165) is 25.7 Å². The first kappa shape index (κ1) is 35.5. The van der Waals surface area contributed by atoms with Crippen LogP contribution in [0.2, 0.25) is 36.3 Å². The monoisotopic (exact) mass is 604 g/mol. The summed E-state index contributed by atoms with van der Waals surface area (Å²) >= 11 is 0. The number of ether oxygens (including phenoxy) is 1. The summed E-state index contributed by atoms with van der Waals surface area (Å²) < 4.78 is 19.5. The number of carbonyl (C=O) groups excluding carboxylic acids is 2. The molecule has 0 amide bonds. The van der Waals surface area contributed by atoms with Crippen molar-refractivity contribution in [3.63, 3.8) is 0 Å². The van der Waals surface area contributed by atoms with Crippen molar-refractivity contribution in [3.8, 4) is 11.8 Å². The van der Waals surface area contributed by atoms with Crippen LogP contribution < -0.4 is 0 Å². The Balaban J connectivity index is 2.77. The Labute approximate surface area is 251 Å². The molecule has 2 rings (SSSR count). The van der Waals surface area contributed by atoms with E-state index in [9.17, 15) is 14.7 Å². The SMILES string of the molecule is CC=CC1C(O)=C(C(=O)C#CCCCC(=O)OC)C(O[Si](C)(C)C(C)(C)C)C1(O[Si](C)(C)C(C)(C)C)C1CCCC1. The molecule has 232 valence electrons. The molecule has 0 saturated heterocycles. The number of hydrogen-bond donors (Lipinski definition) is 1. The molecule has 0 aromatic rings. The minimum atomic E-state index is -2.45. The summed E-state index contributed by atoms with van der Waals surface area (Å²) in [5, 5.41) is 11.8. The molecule has 0 aliphatic heterocycles. The van der Waals surface area contributed by atoms with Gasteiger partial charge in [-0.3, -0.25) is 9.59 Å². The van der Waals surface area contributed by atoms with Gasteiger partial charge in [0.25, 0.3) is 0 Å². The van der Waals surface area contributed by atoms with Crippen LogP contribution in [0.15, 0.2) is 23.5 Å². The standard InChI is InChI=1S/C33H56O6Si2/c1-13-19-25-29(36)28(26(34)22-15-14-16-23-27(35)37-8)30(38-40(9,10)31(2,3)4)33(25,24-20-17-18-21-24)39-41(11,12)32(5,6)7/h13,19,24-25,30,36H,14,16-18,20-21,23H2,1-12H3. The Morgan fingerprint density at radius 2 is 1.59 bits per heavy atom. The van der Waals surface area contributed by atoms with E-state index in [1.807, 2.05) is 19.1 Å². The molecule has 1 fully saturated rings. The molecular weight excluding hydrogens is 549 g/mol. The normalized spacial score (nSPS) is 24.6.